The van der Waals surface area contributed by atoms with Gasteiger partial charge in [0.15, 0.2) is 5.06 Å². The van der Waals surface area contributed by atoms with E-state index in [9.17, 15) is 19.8 Å². The summed E-state index contributed by atoms with van der Waals surface area (Å²) in [5.41, 5.74) is -0.723. The third-order valence-corrected chi connectivity index (χ3v) is 7.82. The van der Waals surface area contributed by atoms with Gasteiger partial charge in [-0.25, -0.2) is 0 Å². The van der Waals surface area contributed by atoms with Gasteiger partial charge >= 0.3 is 5.97 Å². The molecule has 2 saturated heterocycles. The number of ketones is 1. The van der Waals surface area contributed by atoms with E-state index in [1.54, 1.807) is 58.2 Å². The number of nitrogens with zero attached hydrogens (tertiary/aromatic N) is 1. The second kappa shape index (κ2) is 11.9. The molecule has 36 heavy (non-hydrogen) atoms. The molecule has 3 heterocycles. The molecular weight excluding hydrogens is 509 g/mol. The predicted octanol–water partition coefficient (Wildman–Crippen LogP) is 3.70. The van der Waals surface area contributed by atoms with E-state index in [-0.39, 0.29) is 36.4 Å². The van der Waals surface area contributed by atoms with Gasteiger partial charge in [-0.3, -0.25) is 14.6 Å². The molecule has 0 radical (unpaired) electrons. The highest BCUT2D eigenvalue weighted by atomic mass is 35.5. The Balaban J connectivity index is 1.87. The molecule has 0 spiro atoms. The topological polar surface area (TPSA) is 118 Å². The third kappa shape index (κ3) is 6.85. The number of ether oxygens (including phenoxy) is 3. The lowest BCUT2D eigenvalue weighted by atomic mass is 9.72. The zero-order valence-corrected chi connectivity index (χ0v) is 22.5. The van der Waals surface area contributed by atoms with Crippen LogP contribution >= 0.6 is 23.2 Å². The van der Waals surface area contributed by atoms with Crippen LogP contribution < -0.4 is 0 Å². The quantitative estimate of drug-likeness (QED) is 0.336. The molecule has 2 fully saturated rings. The summed E-state index contributed by atoms with van der Waals surface area (Å²) in [6.45, 7) is 6.93. The Morgan fingerprint density at radius 1 is 1.28 bits per heavy atom. The van der Waals surface area contributed by atoms with E-state index in [2.05, 4.69) is 4.98 Å². The number of halogens is 2. The van der Waals surface area contributed by atoms with Gasteiger partial charge in [0.05, 0.1) is 48.0 Å². The fourth-order valence-corrected chi connectivity index (χ4v) is 4.90. The number of pyridine rings is 1. The molecule has 10 heteroatoms. The van der Waals surface area contributed by atoms with Crippen LogP contribution in [0.1, 0.15) is 52.7 Å². The molecule has 0 saturated carbocycles. The monoisotopic (exact) mass is 543 g/mol. The van der Waals surface area contributed by atoms with Gasteiger partial charge in [0.25, 0.3) is 0 Å². The van der Waals surface area contributed by atoms with E-state index in [0.29, 0.717) is 12.1 Å². The number of aliphatic hydroxyl groups excluding tert-OH is 2. The number of alkyl halides is 1. The normalized spacial score (nSPS) is 36.6. The summed E-state index contributed by atoms with van der Waals surface area (Å²) in [6.07, 6.45) is -0.420. The van der Waals surface area contributed by atoms with E-state index in [1.807, 2.05) is 0 Å². The largest absolute Gasteiger partial charge is 0.456 e. The number of hydrogen-bond donors (Lipinski definition) is 2. The first kappa shape index (κ1) is 29.0. The van der Waals surface area contributed by atoms with Crippen LogP contribution in [-0.2, 0) is 23.8 Å². The maximum Gasteiger partial charge on any atom is 0.309 e. The number of epoxide rings is 1. The second-order valence-corrected chi connectivity index (χ2v) is 11.3. The molecule has 0 bridgehead atoms. The number of carbonyl (C=O) groups excluding carboxylic acids is 2. The molecule has 1 aromatic heterocycles. The molecule has 0 amide bonds. The molecule has 3 rings (SSSR count). The number of cyclic esters (lactones) is 1. The summed E-state index contributed by atoms with van der Waals surface area (Å²) in [4.78, 5) is 30.4. The third-order valence-electron chi connectivity index (χ3n) is 7.02. The SMILES string of the molecule is CC[C@H]1C(=O)C(C)(C)[C@@H](O)CC(=O)O[C@@H](/C(Cl)=C/c2ccccn2)CC2OC2(Cl)COC[C@@H](C)[C@H]1O. The van der Waals surface area contributed by atoms with E-state index in [4.69, 9.17) is 37.4 Å². The summed E-state index contributed by atoms with van der Waals surface area (Å²) in [5, 5.41) is 20.9. The number of hydrogen-bond acceptors (Lipinski definition) is 8. The van der Waals surface area contributed by atoms with Crippen LogP contribution in [0.25, 0.3) is 6.08 Å². The fourth-order valence-electron chi connectivity index (χ4n) is 4.38. The Hall–Kier alpha value is -1.55. The van der Waals surface area contributed by atoms with Crippen molar-refractivity contribution in [3.8, 4) is 0 Å². The van der Waals surface area contributed by atoms with E-state index in [0.717, 1.165) is 0 Å². The van der Waals surface area contributed by atoms with Crippen molar-refractivity contribution < 1.29 is 34.0 Å². The Bertz CT molecular complexity index is 957. The number of esters is 1. The summed E-state index contributed by atoms with van der Waals surface area (Å²) in [5.74, 6) is -2.17. The number of aliphatic hydroxyl groups is 2. The minimum Gasteiger partial charge on any atom is -0.456 e. The lowest BCUT2D eigenvalue weighted by molar-refractivity contribution is -0.154. The van der Waals surface area contributed by atoms with Crippen LogP contribution in [0.4, 0.5) is 0 Å². The maximum atomic E-state index is 13.4. The van der Waals surface area contributed by atoms with Crippen molar-refractivity contribution in [1.29, 1.82) is 0 Å². The molecule has 2 aliphatic rings. The highest BCUT2D eigenvalue weighted by Gasteiger charge is 2.57. The van der Waals surface area contributed by atoms with Gasteiger partial charge in [-0.15, -0.1) is 0 Å². The maximum absolute atomic E-state index is 13.4. The first-order valence-corrected chi connectivity index (χ1v) is 13.0. The van der Waals surface area contributed by atoms with Crippen molar-refractivity contribution in [3.63, 3.8) is 0 Å². The van der Waals surface area contributed by atoms with Gasteiger partial charge in [0.2, 0.25) is 0 Å². The van der Waals surface area contributed by atoms with Gasteiger partial charge in [0, 0.05) is 24.5 Å². The van der Waals surface area contributed by atoms with Crippen LogP contribution in [0, 0.1) is 17.3 Å². The van der Waals surface area contributed by atoms with Crippen LogP contribution in [-0.4, -0.2) is 69.6 Å². The standard InChI is InChI=1S/C26H35Cl2NO7/c1-5-17-23(32)15(2)13-34-14-26(28)21(36-26)11-19(18(27)10-16-8-6-7-9-29-16)35-22(31)12-20(30)25(3,4)24(17)33/h6-10,15,17,19-21,23,30,32H,5,11-14H2,1-4H3/b18-10-/t15-,17-,19-,20+,21?,23-,26?/m1/s1. The molecule has 2 N–H and O–H groups in total. The average Bonchev–Trinajstić information content (AvgIpc) is 3.47. The molecule has 2 aliphatic heterocycles. The molecule has 1 aromatic rings. The smallest absolute Gasteiger partial charge is 0.309 e. The zero-order chi connectivity index (χ0) is 26.7. The lowest BCUT2D eigenvalue weighted by Gasteiger charge is -2.35. The molecular formula is C26H35Cl2NO7. The number of fused-ring (bicyclic) bond motifs is 1. The highest BCUT2D eigenvalue weighted by molar-refractivity contribution is 6.32. The Labute approximate surface area is 221 Å². The minimum atomic E-state index is -1.33. The molecule has 0 aliphatic carbocycles. The highest BCUT2D eigenvalue weighted by Crippen LogP contribution is 2.45. The van der Waals surface area contributed by atoms with Gasteiger partial charge in [-0.05, 0) is 24.6 Å². The fraction of sp³-hybridized carbons (Fsp3) is 0.654. The van der Waals surface area contributed by atoms with Crippen molar-refractivity contribution in [1.82, 2.24) is 4.98 Å². The Kier molecular flexibility index (Phi) is 9.57. The van der Waals surface area contributed by atoms with Crippen LogP contribution in [0.2, 0.25) is 0 Å². The first-order chi connectivity index (χ1) is 16.9. The van der Waals surface area contributed by atoms with Crippen LogP contribution in [0.3, 0.4) is 0 Å². The van der Waals surface area contributed by atoms with Crippen molar-refractivity contribution in [2.75, 3.05) is 13.2 Å². The number of carbonyl (C=O) groups is 2. The van der Waals surface area contributed by atoms with Gasteiger partial charge < -0.3 is 24.4 Å². The summed E-state index contributed by atoms with van der Waals surface area (Å²) in [7, 11) is 0. The number of aromatic nitrogens is 1. The van der Waals surface area contributed by atoms with E-state index in [1.165, 1.54) is 0 Å². The number of rotatable bonds is 3. The molecule has 7 atom stereocenters. The number of Topliss-reactive ketones (excluding diaryl/α,β-unsaturated/α-hetero) is 1. The van der Waals surface area contributed by atoms with Crippen molar-refractivity contribution in [2.24, 2.45) is 17.3 Å². The Morgan fingerprint density at radius 3 is 2.64 bits per heavy atom. The summed E-state index contributed by atoms with van der Waals surface area (Å²) in [6, 6.07) is 5.33. The molecule has 2 unspecified atom stereocenters. The average molecular weight is 544 g/mol. The van der Waals surface area contributed by atoms with Crippen molar-refractivity contribution in [2.45, 2.75) is 76.4 Å². The van der Waals surface area contributed by atoms with Gasteiger partial charge in [-0.1, -0.05) is 57.0 Å². The summed E-state index contributed by atoms with van der Waals surface area (Å²) < 4.78 is 17.0. The zero-order valence-electron chi connectivity index (χ0n) is 21.0. The molecule has 200 valence electrons. The lowest BCUT2D eigenvalue weighted by Crippen LogP contribution is -2.47. The molecule has 8 nitrogen and oxygen atoms in total. The second-order valence-electron chi connectivity index (χ2n) is 10.2. The summed E-state index contributed by atoms with van der Waals surface area (Å²) >= 11 is 13.1. The van der Waals surface area contributed by atoms with Crippen LogP contribution in [0.5, 0.6) is 0 Å². The predicted molar refractivity (Wildman–Crippen MR) is 135 cm³/mol. The van der Waals surface area contributed by atoms with Gasteiger partial charge in [0.1, 0.15) is 18.0 Å². The molecule has 0 aromatic carbocycles. The van der Waals surface area contributed by atoms with E-state index < -0.39 is 53.2 Å². The van der Waals surface area contributed by atoms with Gasteiger partial charge in [-0.2, -0.15) is 0 Å². The minimum absolute atomic E-state index is 0.0491. The van der Waals surface area contributed by atoms with E-state index >= 15 is 0 Å². The van der Waals surface area contributed by atoms with Crippen molar-refractivity contribution >= 4 is 41.0 Å². The Morgan fingerprint density at radius 2 is 2.00 bits per heavy atom. The van der Waals surface area contributed by atoms with Crippen molar-refractivity contribution in [3.05, 3.63) is 35.1 Å². The van der Waals surface area contributed by atoms with Crippen LogP contribution in [0.15, 0.2) is 29.4 Å². The first-order valence-electron chi connectivity index (χ1n) is 12.2.